The van der Waals surface area contributed by atoms with Gasteiger partial charge in [-0.3, -0.25) is 15.0 Å². The summed E-state index contributed by atoms with van der Waals surface area (Å²) in [6.07, 6.45) is 0. The van der Waals surface area contributed by atoms with Gasteiger partial charge in [-0.15, -0.1) is 0 Å². The molecule has 0 aromatic heterocycles. The van der Waals surface area contributed by atoms with Crippen LogP contribution in [0.4, 0.5) is 14.9 Å². The molecule has 2 rings (SSSR count). The van der Waals surface area contributed by atoms with E-state index in [2.05, 4.69) is 0 Å². The van der Waals surface area contributed by atoms with Crippen molar-refractivity contribution >= 4 is 17.6 Å². The van der Waals surface area contributed by atoms with Crippen LogP contribution in [0.15, 0.2) is 18.2 Å². The normalized spacial score (nSPS) is 15.2. The van der Waals surface area contributed by atoms with Gasteiger partial charge in [0, 0.05) is 26.2 Å². The summed E-state index contributed by atoms with van der Waals surface area (Å²) in [5.74, 6) is -0.993. The van der Waals surface area contributed by atoms with Crippen LogP contribution in [0.1, 0.15) is 5.56 Å². The summed E-state index contributed by atoms with van der Waals surface area (Å²) in [7, 11) is 0. The van der Waals surface area contributed by atoms with Gasteiger partial charge in [-0.05, 0) is 12.1 Å². The fraction of sp³-hybridized carbons (Fsp3) is 0.357. The molecule has 1 heterocycles. The number of urea groups is 1. The molecule has 116 valence electrons. The quantitative estimate of drug-likeness (QED) is 0.819. The number of halogens is 1. The highest BCUT2D eigenvalue weighted by Crippen LogP contribution is 2.23. The van der Waals surface area contributed by atoms with Crippen molar-refractivity contribution in [2.45, 2.75) is 0 Å². The number of nitrogens with zero attached hydrogens (tertiary/aromatic N) is 3. The number of piperazine rings is 1. The number of carbonyl (C=O) groups excluding carboxylic acids is 2. The molecule has 0 aliphatic carbocycles. The highest BCUT2D eigenvalue weighted by molar-refractivity contribution is 5.94. The third-order valence-corrected chi connectivity index (χ3v) is 3.45. The van der Waals surface area contributed by atoms with Gasteiger partial charge >= 0.3 is 6.03 Å². The minimum Gasteiger partial charge on any atom is -0.368 e. The van der Waals surface area contributed by atoms with Crippen molar-refractivity contribution in [1.29, 1.82) is 5.26 Å². The average molecular weight is 305 g/mol. The van der Waals surface area contributed by atoms with Crippen LogP contribution in [0.5, 0.6) is 0 Å². The lowest BCUT2D eigenvalue weighted by Gasteiger charge is -2.36. The van der Waals surface area contributed by atoms with Gasteiger partial charge in [0.15, 0.2) is 0 Å². The van der Waals surface area contributed by atoms with Crippen LogP contribution in [-0.2, 0) is 4.79 Å². The van der Waals surface area contributed by atoms with Gasteiger partial charge in [-0.25, -0.2) is 9.18 Å². The zero-order valence-corrected chi connectivity index (χ0v) is 11.9. The number of amides is 3. The predicted octanol–water partition coefficient (Wildman–Crippen LogP) is 0.0143. The van der Waals surface area contributed by atoms with E-state index in [9.17, 15) is 14.0 Å². The number of nitriles is 1. The smallest absolute Gasteiger partial charge is 0.318 e. The fourth-order valence-corrected chi connectivity index (χ4v) is 2.41. The Labute approximate surface area is 127 Å². The molecule has 0 bridgehead atoms. The summed E-state index contributed by atoms with van der Waals surface area (Å²) in [5.41, 5.74) is 5.47. The Balaban J connectivity index is 1.96. The van der Waals surface area contributed by atoms with E-state index in [0.29, 0.717) is 31.9 Å². The maximum Gasteiger partial charge on any atom is 0.318 e. The van der Waals surface area contributed by atoms with Crippen LogP contribution in [0.2, 0.25) is 0 Å². The minimum absolute atomic E-state index is 0.0300. The predicted molar refractivity (Wildman–Crippen MR) is 77.5 cm³/mol. The Kier molecular flexibility index (Phi) is 4.91. The fourth-order valence-electron chi connectivity index (χ4n) is 2.41. The van der Waals surface area contributed by atoms with E-state index in [0.717, 1.165) is 0 Å². The molecule has 3 N–H and O–H groups in total. The highest BCUT2D eigenvalue weighted by Gasteiger charge is 2.22. The zero-order valence-electron chi connectivity index (χ0n) is 11.9. The first-order chi connectivity index (χ1) is 10.5. The summed E-state index contributed by atoms with van der Waals surface area (Å²) >= 11 is 0. The summed E-state index contributed by atoms with van der Waals surface area (Å²) in [6.45, 7) is 2.32. The van der Waals surface area contributed by atoms with E-state index >= 15 is 0 Å². The van der Waals surface area contributed by atoms with Crippen LogP contribution < -0.4 is 16.0 Å². The molecule has 0 saturated carbocycles. The van der Waals surface area contributed by atoms with Crippen LogP contribution in [0.25, 0.3) is 0 Å². The molecule has 7 nitrogen and oxygen atoms in total. The Morgan fingerprint density at radius 3 is 2.59 bits per heavy atom. The summed E-state index contributed by atoms with van der Waals surface area (Å²) < 4.78 is 13.6. The first-order valence-corrected chi connectivity index (χ1v) is 6.76. The second-order valence-electron chi connectivity index (χ2n) is 4.92. The largest absolute Gasteiger partial charge is 0.368 e. The van der Waals surface area contributed by atoms with Gasteiger partial charge in [-0.1, -0.05) is 6.07 Å². The number of imide groups is 1. The molecule has 1 aromatic carbocycles. The Morgan fingerprint density at radius 1 is 1.32 bits per heavy atom. The summed E-state index contributed by atoms with van der Waals surface area (Å²) in [4.78, 5) is 25.8. The minimum atomic E-state index is -0.873. The number of benzene rings is 1. The van der Waals surface area contributed by atoms with Gasteiger partial charge in [0.2, 0.25) is 5.91 Å². The van der Waals surface area contributed by atoms with Gasteiger partial charge < -0.3 is 10.6 Å². The molecule has 1 aromatic rings. The molecule has 1 fully saturated rings. The lowest BCUT2D eigenvalue weighted by Crippen LogP contribution is -2.50. The molecule has 0 unspecified atom stereocenters. The molecular weight excluding hydrogens is 289 g/mol. The number of rotatable bonds is 3. The molecule has 0 atom stereocenters. The first-order valence-electron chi connectivity index (χ1n) is 6.76. The number of nitrogens with two attached hydrogens (primary N) is 1. The van der Waals surface area contributed by atoms with Gasteiger partial charge in [0.25, 0.3) is 0 Å². The summed E-state index contributed by atoms with van der Waals surface area (Å²) in [6, 6.07) is 5.54. The maximum atomic E-state index is 13.6. The second kappa shape index (κ2) is 6.87. The Morgan fingerprint density at radius 2 is 2.00 bits per heavy atom. The third-order valence-electron chi connectivity index (χ3n) is 3.45. The van der Waals surface area contributed by atoms with Gasteiger partial charge in [-0.2, -0.15) is 5.26 Å². The SMILES string of the molecule is N#Cc1c(F)cccc1N1CCN(CC(=O)NC(N)=O)CC1. The molecule has 3 amide bonds. The Bertz CT molecular complexity index is 620. The van der Waals surface area contributed by atoms with E-state index in [1.807, 2.05) is 21.2 Å². The van der Waals surface area contributed by atoms with Crippen molar-refractivity contribution in [3.63, 3.8) is 0 Å². The maximum absolute atomic E-state index is 13.6. The Hall–Kier alpha value is -2.66. The van der Waals surface area contributed by atoms with Crippen molar-refractivity contribution in [1.82, 2.24) is 10.2 Å². The van der Waals surface area contributed by atoms with Crippen molar-refractivity contribution in [2.75, 3.05) is 37.6 Å². The third kappa shape index (κ3) is 3.71. The standard InChI is InChI=1S/C14H16FN5O2/c15-11-2-1-3-12(10(11)8-16)20-6-4-19(5-7-20)9-13(21)18-14(17)22/h1-3H,4-7,9H2,(H3,17,18,21,22). The monoisotopic (exact) mass is 305 g/mol. The number of hydrogen-bond donors (Lipinski definition) is 2. The van der Waals surface area contributed by atoms with E-state index in [-0.39, 0.29) is 12.1 Å². The molecule has 1 saturated heterocycles. The zero-order chi connectivity index (χ0) is 16.1. The topological polar surface area (TPSA) is 102 Å². The molecule has 1 aliphatic rings. The van der Waals surface area contributed by atoms with E-state index in [1.54, 1.807) is 12.1 Å². The van der Waals surface area contributed by atoms with Crippen molar-refractivity contribution in [3.05, 3.63) is 29.6 Å². The lowest BCUT2D eigenvalue weighted by atomic mass is 10.1. The second-order valence-corrected chi connectivity index (χ2v) is 4.92. The number of hydrogen-bond acceptors (Lipinski definition) is 5. The van der Waals surface area contributed by atoms with Crippen LogP contribution in [0.3, 0.4) is 0 Å². The van der Waals surface area contributed by atoms with Gasteiger partial charge in [0.1, 0.15) is 17.4 Å². The van der Waals surface area contributed by atoms with Crippen LogP contribution >= 0.6 is 0 Å². The molecule has 0 radical (unpaired) electrons. The van der Waals surface area contributed by atoms with Crippen molar-refractivity contribution in [3.8, 4) is 6.07 Å². The van der Waals surface area contributed by atoms with Crippen molar-refractivity contribution in [2.24, 2.45) is 5.73 Å². The molecular formula is C14H16FN5O2. The van der Waals surface area contributed by atoms with Gasteiger partial charge in [0.05, 0.1) is 12.2 Å². The van der Waals surface area contributed by atoms with E-state index < -0.39 is 17.8 Å². The molecule has 8 heteroatoms. The van der Waals surface area contributed by atoms with Crippen LogP contribution in [-0.4, -0.2) is 49.6 Å². The van der Waals surface area contributed by atoms with E-state index in [1.165, 1.54) is 6.07 Å². The highest BCUT2D eigenvalue weighted by atomic mass is 19.1. The summed E-state index contributed by atoms with van der Waals surface area (Å²) in [5, 5.41) is 11.1. The molecule has 1 aliphatic heterocycles. The van der Waals surface area contributed by atoms with Crippen molar-refractivity contribution < 1.29 is 14.0 Å². The molecule has 22 heavy (non-hydrogen) atoms. The number of carbonyl (C=O) groups is 2. The van der Waals surface area contributed by atoms with Crippen LogP contribution in [0, 0.1) is 17.1 Å². The molecule has 0 spiro atoms. The first kappa shape index (κ1) is 15.7. The number of anilines is 1. The number of primary amides is 1. The average Bonchev–Trinajstić information content (AvgIpc) is 2.47. The van der Waals surface area contributed by atoms with E-state index in [4.69, 9.17) is 11.0 Å². The lowest BCUT2D eigenvalue weighted by molar-refractivity contribution is -0.121. The number of nitrogens with one attached hydrogen (secondary N) is 1.